The molecule has 0 spiro atoms. The summed E-state index contributed by atoms with van der Waals surface area (Å²) in [6, 6.07) is 1.52. The van der Waals surface area contributed by atoms with Crippen LogP contribution >= 0.6 is 0 Å². The van der Waals surface area contributed by atoms with Gasteiger partial charge >= 0.3 is 0 Å². The van der Waals surface area contributed by atoms with Crippen molar-refractivity contribution in [3.05, 3.63) is 46.5 Å². The number of aryl methyl sites for hydroxylation is 1. The summed E-state index contributed by atoms with van der Waals surface area (Å²) in [7, 11) is 0. The summed E-state index contributed by atoms with van der Waals surface area (Å²) < 4.78 is 0. The second-order valence-corrected chi connectivity index (χ2v) is 5.12. The fraction of sp³-hybridized carbons (Fsp3) is 0.429. The number of hydrogen-bond donors (Lipinski definition) is 1. The third kappa shape index (κ3) is 2.68. The molecule has 20 heavy (non-hydrogen) atoms. The van der Waals surface area contributed by atoms with Crippen LogP contribution in [0.2, 0.25) is 0 Å². The van der Waals surface area contributed by atoms with Crippen LogP contribution in [0, 0.1) is 6.92 Å². The maximum atomic E-state index is 11.6. The number of piperidine rings is 1. The second-order valence-electron chi connectivity index (χ2n) is 5.12. The molecule has 6 nitrogen and oxygen atoms in total. The van der Waals surface area contributed by atoms with E-state index in [1.807, 2.05) is 6.92 Å². The summed E-state index contributed by atoms with van der Waals surface area (Å²) in [4.78, 5) is 29.5. The molecule has 1 fully saturated rings. The van der Waals surface area contributed by atoms with E-state index in [2.05, 4.69) is 24.8 Å². The molecule has 0 unspecified atom stereocenters. The molecular formula is C14H17N5O. The van der Waals surface area contributed by atoms with Gasteiger partial charge in [0, 0.05) is 43.2 Å². The first-order valence-electron chi connectivity index (χ1n) is 6.81. The Balaban J connectivity index is 1.83. The molecule has 1 aliphatic rings. The van der Waals surface area contributed by atoms with Crippen LogP contribution in [0.15, 0.2) is 29.5 Å². The van der Waals surface area contributed by atoms with Crippen LogP contribution in [0.3, 0.4) is 0 Å². The van der Waals surface area contributed by atoms with Gasteiger partial charge in [0.05, 0.1) is 6.20 Å². The van der Waals surface area contributed by atoms with Gasteiger partial charge in [0.15, 0.2) is 0 Å². The Kier molecular flexibility index (Phi) is 3.45. The van der Waals surface area contributed by atoms with Gasteiger partial charge in [-0.2, -0.15) is 0 Å². The van der Waals surface area contributed by atoms with E-state index in [0.717, 1.165) is 43.3 Å². The molecule has 1 atom stereocenters. The number of nitrogens with zero attached hydrogens (tertiary/aromatic N) is 4. The monoisotopic (exact) mass is 271 g/mol. The highest BCUT2D eigenvalue weighted by Gasteiger charge is 2.24. The van der Waals surface area contributed by atoms with Gasteiger partial charge in [0.25, 0.3) is 5.56 Å². The van der Waals surface area contributed by atoms with Crippen molar-refractivity contribution in [3.8, 4) is 0 Å². The zero-order valence-corrected chi connectivity index (χ0v) is 11.4. The van der Waals surface area contributed by atoms with Crippen molar-refractivity contribution in [3.63, 3.8) is 0 Å². The van der Waals surface area contributed by atoms with Gasteiger partial charge in [0.1, 0.15) is 11.6 Å². The zero-order valence-electron chi connectivity index (χ0n) is 11.4. The van der Waals surface area contributed by atoms with Crippen LogP contribution in [0.1, 0.15) is 30.3 Å². The third-order valence-electron chi connectivity index (χ3n) is 3.57. The van der Waals surface area contributed by atoms with Crippen molar-refractivity contribution in [2.75, 3.05) is 18.0 Å². The lowest BCUT2D eigenvalue weighted by atomic mass is 9.97. The van der Waals surface area contributed by atoms with E-state index in [9.17, 15) is 4.79 Å². The van der Waals surface area contributed by atoms with Crippen molar-refractivity contribution >= 4 is 5.82 Å². The van der Waals surface area contributed by atoms with Crippen LogP contribution in [-0.4, -0.2) is 33.0 Å². The standard InChI is InChI=1S/C14H17N5O/c1-10-7-13(20)18-14(17-10)11-3-2-6-19(9-11)12-8-15-4-5-16-12/h4-5,7-8,11H,2-3,6,9H2,1H3,(H,17,18,20)/t11-/m1/s1. The molecule has 0 amide bonds. The van der Waals surface area contributed by atoms with Gasteiger partial charge in [-0.25, -0.2) is 9.97 Å². The Bertz CT molecular complexity index is 640. The minimum absolute atomic E-state index is 0.0795. The lowest BCUT2D eigenvalue weighted by Gasteiger charge is -2.32. The number of aromatic nitrogens is 4. The average molecular weight is 271 g/mol. The van der Waals surface area contributed by atoms with Crippen molar-refractivity contribution in [2.24, 2.45) is 0 Å². The van der Waals surface area contributed by atoms with Crippen molar-refractivity contribution in [1.29, 1.82) is 0 Å². The highest BCUT2D eigenvalue weighted by atomic mass is 16.1. The second kappa shape index (κ2) is 5.40. The van der Waals surface area contributed by atoms with Gasteiger partial charge in [-0.05, 0) is 19.8 Å². The summed E-state index contributed by atoms with van der Waals surface area (Å²) in [5.41, 5.74) is 0.685. The number of hydrogen-bond acceptors (Lipinski definition) is 5. The highest BCUT2D eigenvalue weighted by molar-refractivity contribution is 5.36. The summed E-state index contributed by atoms with van der Waals surface area (Å²) in [6.07, 6.45) is 7.23. The van der Waals surface area contributed by atoms with Crippen LogP contribution in [0.5, 0.6) is 0 Å². The van der Waals surface area contributed by atoms with Gasteiger partial charge in [-0.3, -0.25) is 9.78 Å². The van der Waals surface area contributed by atoms with E-state index in [0.29, 0.717) is 0 Å². The number of H-pyrrole nitrogens is 1. The lowest BCUT2D eigenvalue weighted by molar-refractivity contribution is 0.486. The molecule has 2 aromatic rings. The molecule has 0 aliphatic carbocycles. The first-order chi connectivity index (χ1) is 9.72. The molecular weight excluding hydrogens is 254 g/mol. The Morgan fingerprint density at radius 3 is 3.05 bits per heavy atom. The smallest absolute Gasteiger partial charge is 0.251 e. The molecule has 6 heteroatoms. The Morgan fingerprint density at radius 1 is 1.40 bits per heavy atom. The zero-order chi connectivity index (χ0) is 13.9. The fourth-order valence-corrected chi connectivity index (χ4v) is 2.66. The van der Waals surface area contributed by atoms with E-state index in [-0.39, 0.29) is 11.5 Å². The molecule has 0 aromatic carbocycles. The Hall–Kier alpha value is -2.24. The van der Waals surface area contributed by atoms with E-state index in [1.54, 1.807) is 18.6 Å². The predicted molar refractivity (Wildman–Crippen MR) is 75.8 cm³/mol. The van der Waals surface area contributed by atoms with E-state index < -0.39 is 0 Å². The largest absolute Gasteiger partial charge is 0.355 e. The molecule has 0 saturated carbocycles. The number of anilines is 1. The van der Waals surface area contributed by atoms with Crippen LogP contribution < -0.4 is 10.5 Å². The molecule has 3 heterocycles. The molecule has 2 aromatic heterocycles. The normalized spacial score (nSPS) is 19.1. The first kappa shape index (κ1) is 12.8. The maximum absolute atomic E-state index is 11.6. The van der Waals surface area contributed by atoms with Crippen LogP contribution in [0.4, 0.5) is 5.82 Å². The third-order valence-corrected chi connectivity index (χ3v) is 3.57. The van der Waals surface area contributed by atoms with Crippen molar-refractivity contribution in [1.82, 2.24) is 19.9 Å². The fourth-order valence-electron chi connectivity index (χ4n) is 2.66. The average Bonchev–Trinajstić information content (AvgIpc) is 2.47. The molecule has 0 radical (unpaired) electrons. The molecule has 0 bridgehead atoms. The van der Waals surface area contributed by atoms with Crippen LogP contribution in [-0.2, 0) is 0 Å². The lowest BCUT2D eigenvalue weighted by Crippen LogP contribution is -2.36. The maximum Gasteiger partial charge on any atom is 0.251 e. The number of rotatable bonds is 2. The number of aromatic amines is 1. The molecule has 1 aliphatic heterocycles. The van der Waals surface area contributed by atoms with Crippen molar-refractivity contribution in [2.45, 2.75) is 25.7 Å². The van der Waals surface area contributed by atoms with Gasteiger partial charge in [-0.1, -0.05) is 0 Å². The molecule has 3 rings (SSSR count). The quantitative estimate of drug-likeness (QED) is 0.889. The molecule has 104 valence electrons. The van der Waals surface area contributed by atoms with Gasteiger partial charge in [0.2, 0.25) is 0 Å². The Morgan fingerprint density at radius 2 is 2.30 bits per heavy atom. The summed E-state index contributed by atoms with van der Waals surface area (Å²) >= 11 is 0. The minimum atomic E-state index is -0.0795. The van der Waals surface area contributed by atoms with E-state index in [1.165, 1.54) is 6.07 Å². The highest BCUT2D eigenvalue weighted by Crippen LogP contribution is 2.26. The molecule has 1 saturated heterocycles. The van der Waals surface area contributed by atoms with E-state index in [4.69, 9.17) is 0 Å². The van der Waals surface area contributed by atoms with Gasteiger partial charge < -0.3 is 9.88 Å². The van der Waals surface area contributed by atoms with Gasteiger partial charge in [-0.15, -0.1) is 0 Å². The summed E-state index contributed by atoms with van der Waals surface area (Å²) in [5, 5.41) is 0. The molecule has 1 N–H and O–H groups in total. The topological polar surface area (TPSA) is 74.8 Å². The van der Waals surface area contributed by atoms with Crippen molar-refractivity contribution < 1.29 is 0 Å². The van der Waals surface area contributed by atoms with Crippen LogP contribution in [0.25, 0.3) is 0 Å². The summed E-state index contributed by atoms with van der Waals surface area (Å²) in [5.74, 6) is 1.90. The summed E-state index contributed by atoms with van der Waals surface area (Å²) in [6.45, 7) is 3.62. The predicted octanol–water partition coefficient (Wildman–Crippen LogP) is 1.25. The minimum Gasteiger partial charge on any atom is -0.355 e. The van der Waals surface area contributed by atoms with E-state index >= 15 is 0 Å². The first-order valence-corrected chi connectivity index (χ1v) is 6.81. The SMILES string of the molecule is Cc1cc(=O)[nH]c([C@@H]2CCCN(c3cnccn3)C2)n1. The Labute approximate surface area is 116 Å². The number of nitrogens with one attached hydrogen (secondary N) is 1.